The second kappa shape index (κ2) is 6.01. The summed E-state index contributed by atoms with van der Waals surface area (Å²) in [6.07, 6.45) is 0. The maximum Gasteiger partial charge on any atom is 0.120 e. The van der Waals surface area contributed by atoms with E-state index in [1.165, 1.54) is 11.1 Å². The highest BCUT2D eigenvalue weighted by Gasteiger charge is 2.04. The minimum Gasteiger partial charge on any atom is -0.489 e. The molecule has 0 amide bonds. The predicted octanol–water partition coefficient (Wildman–Crippen LogP) is 5.41. The molecule has 1 N–H and O–H groups in total. The zero-order valence-corrected chi connectivity index (χ0v) is 12.7. The lowest BCUT2D eigenvalue weighted by atomic mass is 10.1. The molecular weight excluding hydrogens is 282 g/mol. The fourth-order valence-corrected chi connectivity index (χ4v) is 2.71. The van der Waals surface area contributed by atoms with Crippen LogP contribution in [0, 0.1) is 0 Å². The molecular formula is C21H17NO. The normalized spacial score (nSPS) is 10.8. The van der Waals surface area contributed by atoms with Gasteiger partial charge in [-0.15, -0.1) is 0 Å². The molecule has 4 rings (SSSR count). The van der Waals surface area contributed by atoms with E-state index in [0.717, 1.165) is 22.3 Å². The van der Waals surface area contributed by atoms with E-state index in [1.54, 1.807) is 0 Å². The second-order valence-electron chi connectivity index (χ2n) is 5.57. The van der Waals surface area contributed by atoms with Gasteiger partial charge >= 0.3 is 0 Å². The summed E-state index contributed by atoms with van der Waals surface area (Å²) in [5.41, 5.74) is 4.61. The molecule has 4 aromatic rings. The van der Waals surface area contributed by atoms with E-state index in [0.29, 0.717) is 6.61 Å². The molecule has 2 nitrogen and oxygen atoms in total. The lowest BCUT2D eigenvalue weighted by molar-refractivity contribution is 0.306. The summed E-state index contributed by atoms with van der Waals surface area (Å²) in [4.78, 5) is 3.46. The number of aromatic amines is 1. The van der Waals surface area contributed by atoms with Crippen molar-refractivity contribution in [3.8, 4) is 17.0 Å². The van der Waals surface area contributed by atoms with Crippen molar-refractivity contribution < 1.29 is 4.74 Å². The molecule has 0 aliphatic carbocycles. The number of rotatable bonds is 4. The monoisotopic (exact) mass is 299 g/mol. The topological polar surface area (TPSA) is 25.0 Å². The minimum absolute atomic E-state index is 0.586. The van der Waals surface area contributed by atoms with Crippen molar-refractivity contribution in [1.29, 1.82) is 0 Å². The van der Waals surface area contributed by atoms with E-state index in [1.807, 2.05) is 30.3 Å². The fraction of sp³-hybridized carbons (Fsp3) is 0.0476. The van der Waals surface area contributed by atoms with Crippen LogP contribution in [-0.2, 0) is 6.61 Å². The number of fused-ring (bicyclic) bond motifs is 1. The number of hydrogen-bond acceptors (Lipinski definition) is 1. The van der Waals surface area contributed by atoms with Gasteiger partial charge in [-0.3, -0.25) is 0 Å². The first-order valence-corrected chi connectivity index (χ1v) is 7.73. The number of nitrogens with one attached hydrogen (secondary N) is 1. The number of hydrogen-bond donors (Lipinski definition) is 1. The van der Waals surface area contributed by atoms with Crippen molar-refractivity contribution in [1.82, 2.24) is 4.98 Å². The lowest BCUT2D eigenvalue weighted by Gasteiger charge is -2.06. The molecule has 0 aliphatic rings. The van der Waals surface area contributed by atoms with Crippen LogP contribution in [0.15, 0.2) is 84.9 Å². The average Bonchev–Trinajstić information content (AvgIpc) is 3.05. The van der Waals surface area contributed by atoms with Gasteiger partial charge in [-0.2, -0.15) is 0 Å². The van der Waals surface area contributed by atoms with E-state index in [9.17, 15) is 0 Å². The predicted molar refractivity (Wildman–Crippen MR) is 94.5 cm³/mol. The summed E-state index contributed by atoms with van der Waals surface area (Å²) in [7, 11) is 0. The van der Waals surface area contributed by atoms with Crippen LogP contribution in [-0.4, -0.2) is 4.98 Å². The summed E-state index contributed by atoms with van der Waals surface area (Å²) >= 11 is 0. The van der Waals surface area contributed by atoms with Crippen LogP contribution < -0.4 is 4.74 Å². The summed E-state index contributed by atoms with van der Waals surface area (Å²) in [5.74, 6) is 0.889. The Morgan fingerprint density at radius 2 is 1.48 bits per heavy atom. The third-order valence-corrected chi connectivity index (χ3v) is 3.93. The lowest BCUT2D eigenvalue weighted by Crippen LogP contribution is -1.94. The van der Waals surface area contributed by atoms with E-state index in [4.69, 9.17) is 4.74 Å². The molecule has 0 saturated carbocycles. The van der Waals surface area contributed by atoms with Gasteiger partial charge in [0.15, 0.2) is 0 Å². The number of ether oxygens (including phenoxy) is 1. The minimum atomic E-state index is 0.586. The number of H-pyrrole nitrogens is 1. The van der Waals surface area contributed by atoms with E-state index < -0.39 is 0 Å². The van der Waals surface area contributed by atoms with Gasteiger partial charge in [0, 0.05) is 16.6 Å². The molecule has 0 spiro atoms. The van der Waals surface area contributed by atoms with Crippen LogP contribution >= 0.6 is 0 Å². The van der Waals surface area contributed by atoms with Crippen molar-refractivity contribution in [2.24, 2.45) is 0 Å². The van der Waals surface area contributed by atoms with Crippen molar-refractivity contribution >= 4 is 10.9 Å². The summed E-state index contributed by atoms with van der Waals surface area (Å²) in [5, 5.41) is 1.16. The van der Waals surface area contributed by atoms with Crippen LogP contribution in [0.3, 0.4) is 0 Å². The van der Waals surface area contributed by atoms with E-state index in [-0.39, 0.29) is 0 Å². The highest BCUT2D eigenvalue weighted by molar-refractivity contribution is 5.86. The maximum absolute atomic E-state index is 5.90. The SMILES string of the molecule is c1ccc(COc2ccc3[nH]c(-c4ccccc4)cc3c2)cc1. The molecule has 0 radical (unpaired) electrons. The van der Waals surface area contributed by atoms with Crippen molar-refractivity contribution in [2.45, 2.75) is 6.61 Å². The molecule has 1 aromatic heterocycles. The molecule has 112 valence electrons. The molecule has 0 bridgehead atoms. The fourth-order valence-electron chi connectivity index (χ4n) is 2.71. The van der Waals surface area contributed by atoms with Crippen LogP contribution in [0.4, 0.5) is 0 Å². The Morgan fingerprint density at radius 1 is 0.739 bits per heavy atom. The largest absolute Gasteiger partial charge is 0.489 e. The third-order valence-electron chi connectivity index (χ3n) is 3.93. The molecule has 23 heavy (non-hydrogen) atoms. The molecule has 0 fully saturated rings. The van der Waals surface area contributed by atoms with Gasteiger partial charge in [-0.05, 0) is 35.4 Å². The van der Waals surface area contributed by atoms with Crippen LogP contribution in [0.2, 0.25) is 0 Å². The molecule has 1 heterocycles. The second-order valence-corrected chi connectivity index (χ2v) is 5.57. The van der Waals surface area contributed by atoms with Crippen LogP contribution in [0.5, 0.6) is 5.75 Å². The first kappa shape index (κ1) is 13.6. The Hall–Kier alpha value is -3.00. The molecule has 0 aliphatic heterocycles. The number of benzene rings is 3. The smallest absolute Gasteiger partial charge is 0.120 e. The molecule has 3 aromatic carbocycles. The zero-order valence-electron chi connectivity index (χ0n) is 12.7. The Balaban J connectivity index is 1.58. The Kier molecular flexibility index (Phi) is 3.57. The highest BCUT2D eigenvalue weighted by Crippen LogP contribution is 2.27. The average molecular weight is 299 g/mol. The molecule has 0 saturated heterocycles. The van der Waals surface area contributed by atoms with Crippen molar-refractivity contribution in [3.63, 3.8) is 0 Å². The van der Waals surface area contributed by atoms with Gasteiger partial charge in [0.05, 0.1) is 0 Å². The molecule has 0 unspecified atom stereocenters. The van der Waals surface area contributed by atoms with Gasteiger partial charge < -0.3 is 9.72 Å². The van der Waals surface area contributed by atoms with Gasteiger partial charge in [-0.25, -0.2) is 0 Å². The van der Waals surface area contributed by atoms with E-state index in [2.05, 4.69) is 59.6 Å². The van der Waals surface area contributed by atoms with Crippen LogP contribution in [0.25, 0.3) is 22.2 Å². The standard InChI is InChI=1S/C21H17NO/c1-3-7-16(8-4-1)15-23-19-11-12-20-18(13-19)14-21(22-20)17-9-5-2-6-10-17/h1-14,22H,15H2. The Labute approximate surface area is 135 Å². The molecule has 0 atom stereocenters. The van der Waals surface area contributed by atoms with Crippen molar-refractivity contribution in [2.75, 3.05) is 0 Å². The van der Waals surface area contributed by atoms with E-state index >= 15 is 0 Å². The van der Waals surface area contributed by atoms with Gasteiger partial charge in [0.1, 0.15) is 12.4 Å². The molecule has 2 heteroatoms. The van der Waals surface area contributed by atoms with Gasteiger partial charge in [-0.1, -0.05) is 60.7 Å². The quantitative estimate of drug-likeness (QED) is 0.535. The van der Waals surface area contributed by atoms with Crippen molar-refractivity contribution in [3.05, 3.63) is 90.5 Å². The first-order valence-electron chi connectivity index (χ1n) is 7.73. The van der Waals surface area contributed by atoms with Gasteiger partial charge in [0.25, 0.3) is 0 Å². The highest BCUT2D eigenvalue weighted by atomic mass is 16.5. The zero-order chi connectivity index (χ0) is 15.5. The van der Waals surface area contributed by atoms with Crippen LogP contribution in [0.1, 0.15) is 5.56 Å². The summed E-state index contributed by atoms with van der Waals surface area (Å²) < 4.78 is 5.90. The maximum atomic E-state index is 5.90. The summed E-state index contributed by atoms with van der Waals surface area (Å²) in [6.45, 7) is 0.586. The Bertz CT molecular complexity index is 910. The third kappa shape index (κ3) is 2.97. The number of aromatic nitrogens is 1. The summed E-state index contributed by atoms with van der Waals surface area (Å²) in [6, 6.07) is 28.9. The first-order chi connectivity index (χ1) is 11.4. The Morgan fingerprint density at radius 3 is 2.26 bits per heavy atom. The van der Waals surface area contributed by atoms with Gasteiger partial charge in [0.2, 0.25) is 0 Å².